The van der Waals surface area contributed by atoms with Crippen LogP contribution in [-0.2, 0) is 14.8 Å². The minimum absolute atomic E-state index is 0.0615. The van der Waals surface area contributed by atoms with Crippen molar-refractivity contribution in [2.75, 3.05) is 25.0 Å². The van der Waals surface area contributed by atoms with Crippen LogP contribution in [0.1, 0.15) is 25.1 Å². The topological polar surface area (TPSA) is 132 Å². The second-order valence-electron chi connectivity index (χ2n) is 6.43. The van der Waals surface area contributed by atoms with Gasteiger partial charge in [0.25, 0.3) is 5.91 Å². The molecule has 0 aliphatic rings. The summed E-state index contributed by atoms with van der Waals surface area (Å²) < 4.78 is 32.0. The molecule has 0 saturated heterocycles. The zero-order valence-corrected chi connectivity index (χ0v) is 18.0. The molecule has 0 saturated carbocycles. The van der Waals surface area contributed by atoms with Crippen molar-refractivity contribution in [3.05, 3.63) is 51.7 Å². The Balaban J connectivity index is 2.17. The number of amides is 1. The summed E-state index contributed by atoms with van der Waals surface area (Å²) in [5, 5.41) is 13.7. The summed E-state index contributed by atoms with van der Waals surface area (Å²) in [6, 6.07) is 7.37. The molecule has 11 heteroatoms. The number of pyridine rings is 1. The molecule has 0 unspecified atom stereocenters. The zero-order chi connectivity index (χ0) is 22.5. The van der Waals surface area contributed by atoms with E-state index in [0.717, 1.165) is 0 Å². The summed E-state index contributed by atoms with van der Waals surface area (Å²) in [4.78, 5) is 26.6. The fourth-order valence-electron chi connectivity index (χ4n) is 2.71. The van der Waals surface area contributed by atoms with Crippen LogP contribution in [-0.4, -0.2) is 48.2 Å². The predicted molar refractivity (Wildman–Crippen MR) is 111 cm³/mol. The van der Waals surface area contributed by atoms with Crippen LogP contribution in [0.5, 0.6) is 5.75 Å². The molecule has 0 atom stereocenters. The molecule has 1 amide bonds. The normalized spacial score (nSPS) is 11.4. The molecule has 2 rings (SSSR count). The van der Waals surface area contributed by atoms with E-state index in [0.29, 0.717) is 30.0 Å². The van der Waals surface area contributed by atoms with Gasteiger partial charge in [-0.15, -0.1) is 0 Å². The Bertz CT molecular complexity index is 1050. The van der Waals surface area contributed by atoms with E-state index >= 15 is 0 Å². The Morgan fingerprint density at radius 1 is 1.20 bits per heavy atom. The van der Waals surface area contributed by atoms with Gasteiger partial charge in [0, 0.05) is 25.7 Å². The number of ether oxygens (including phenoxy) is 1. The number of aromatic nitrogens is 1. The number of rotatable bonds is 9. The number of nitrogens with zero attached hydrogens (tertiary/aromatic N) is 3. The van der Waals surface area contributed by atoms with Crippen molar-refractivity contribution >= 4 is 27.4 Å². The van der Waals surface area contributed by atoms with Crippen LogP contribution >= 0.6 is 0 Å². The molecule has 10 nitrogen and oxygen atoms in total. The lowest BCUT2D eigenvalue weighted by Crippen LogP contribution is -2.30. The molecule has 0 bridgehead atoms. The smallest absolute Gasteiger partial charge is 0.406 e. The van der Waals surface area contributed by atoms with Gasteiger partial charge in [-0.1, -0.05) is 19.9 Å². The highest BCUT2D eigenvalue weighted by Gasteiger charge is 2.23. The van der Waals surface area contributed by atoms with Crippen molar-refractivity contribution in [2.24, 2.45) is 0 Å². The van der Waals surface area contributed by atoms with Gasteiger partial charge in [-0.05, 0) is 46.7 Å². The number of hydrogen-bond acceptors (Lipinski definition) is 7. The largest absolute Gasteiger partial charge is 0.476 e. The maximum atomic E-state index is 12.7. The molecule has 0 radical (unpaired) electrons. The number of anilines is 1. The summed E-state index contributed by atoms with van der Waals surface area (Å²) in [5.41, 5.74) is 1.42. The van der Waals surface area contributed by atoms with Crippen LogP contribution in [0.25, 0.3) is 0 Å². The van der Waals surface area contributed by atoms with Crippen LogP contribution in [0.2, 0.25) is 0 Å². The first-order valence-electron chi connectivity index (χ1n) is 9.25. The number of carbonyl (C=O) groups is 1. The van der Waals surface area contributed by atoms with Gasteiger partial charge < -0.3 is 20.2 Å². The number of aryl methyl sites for hydroxylation is 2. The number of hydrogen-bond donors (Lipinski definition) is 1. The molecule has 2 aromatic rings. The number of sulfonamides is 1. The van der Waals surface area contributed by atoms with Crippen molar-refractivity contribution in [2.45, 2.75) is 32.6 Å². The monoisotopic (exact) mass is 436 g/mol. The van der Waals surface area contributed by atoms with E-state index in [4.69, 9.17) is 4.74 Å². The summed E-state index contributed by atoms with van der Waals surface area (Å²) in [5.74, 6) is -1.20. The maximum Gasteiger partial charge on any atom is 0.406 e. The lowest BCUT2D eigenvalue weighted by molar-refractivity contribution is -0.390. The fraction of sp³-hybridized carbons (Fsp3) is 0.368. The van der Waals surface area contributed by atoms with E-state index in [1.165, 1.54) is 28.6 Å². The minimum Gasteiger partial charge on any atom is -0.476 e. The highest BCUT2D eigenvalue weighted by Crippen LogP contribution is 2.25. The average molecular weight is 436 g/mol. The summed E-state index contributed by atoms with van der Waals surface area (Å²) >= 11 is 0. The van der Waals surface area contributed by atoms with Crippen molar-refractivity contribution in [1.29, 1.82) is 0 Å². The molecular formula is C19H24N4O6S. The third-order valence-electron chi connectivity index (χ3n) is 4.34. The predicted octanol–water partition coefficient (Wildman–Crippen LogP) is 2.65. The Morgan fingerprint density at radius 2 is 1.87 bits per heavy atom. The Kier molecular flexibility index (Phi) is 7.46. The van der Waals surface area contributed by atoms with Gasteiger partial charge >= 0.3 is 5.82 Å². The van der Waals surface area contributed by atoms with Gasteiger partial charge in [0.1, 0.15) is 5.69 Å². The molecular weight excluding hydrogens is 412 g/mol. The van der Waals surface area contributed by atoms with E-state index in [9.17, 15) is 23.3 Å². The first-order valence-corrected chi connectivity index (χ1v) is 10.7. The molecule has 1 N–H and O–H groups in total. The summed E-state index contributed by atoms with van der Waals surface area (Å²) in [7, 11) is -3.68. The SMILES string of the molecule is CCN(CC)S(=O)(=O)c1ccc(C)c(NC(=O)COc2ccc(C)nc2[N+](=O)[O-])c1. The molecule has 0 aliphatic carbocycles. The van der Waals surface area contributed by atoms with Crippen LogP contribution in [0.15, 0.2) is 35.2 Å². The molecule has 162 valence electrons. The van der Waals surface area contributed by atoms with Gasteiger partial charge in [-0.3, -0.25) is 4.79 Å². The quantitative estimate of drug-likeness (QED) is 0.472. The zero-order valence-electron chi connectivity index (χ0n) is 17.2. The third-order valence-corrected chi connectivity index (χ3v) is 6.38. The van der Waals surface area contributed by atoms with Crippen LogP contribution in [0.4, 0.5) is 11.5 Å². The molecule has 30 heavy (non-hydrogen) atoms. The Labute approximate surface area is 175 Å². The van der Waals surface area contributed by atoms with Gasteiger partial charge in [0.15, 0.2) is 6.61 Å². The number of nitrogens with one attached hydrogen (secondary N) is 1. The highest BCUT2D eigenvalue weighted by molar-refractivity contribution is 7.89. The van der Waals surface area contributed by atoms with Crippen molar-refractivity contribution < 1.29 is 22.9 Å². The number of nitro groups is 1. The van der Waals surface area contributed by atoms with E-state index in [1.54, 1.807) is 33.8 Å². The van der Waals surface area contributed by atoms with Crippen LogP contribution in [0.3, 0.4) is 0 Å². The first kappa shape index (κ1) is 23.2. The van der Waals surface area contributed by atoms with Gasteiger partial charge in [0.2, 0.25) is 15.8 Å². The molecule has 0 spiro atoms. The summed E-state index contributed by atoms with van der Waals surface area (Å²) in [6.07, 6.45) is 0. The van der Waals surface area contributed by atoms with Gasteiger partial charge in [0.05, 0.1) is 4.90 Å². The average Bonchev–Trinajstić information content (AvgIpc) is 2.69. The fourth-order valence-corrected chi connectivity index (χ4v) is 4.20. The second kappa shape index (κ2) is 9.63. The van der Waals surface area contributed by atoms with Crippen molar-refractivity contribution in [1.82, 2.24) is 9.29 Å². The van der Waals surface area contributed by atoms with Gasteiger partial charge in [-0.25, -0.2) is 8.42 Å². The minimum atomic E-state index is -3.68. The standard InChI is InChI=1S/C19H24N4O6S/c1-5-22(6-2)30(27,28)15-9-7-13(3)16(11-15)21-18(24)12-29-17-10-8-14(4)20-19(17)23(25)26/h7-11H,5-6,12H2,1-4H3,(H,21,24). The molecule has 1 heterocycles. The molecule has 0 fully saturated rings. The highest BCUT2D eigenvalue weighted by atomic mass is 32.2. The van der Waals surface area contributed by atoms with E-state index in [-0.39, 0.29) is 10.6 Å². The Morgan fingerprint density at radius 3 is 2.47 bits per heavy atom. The number of benzene rings is 1. The molecule has 0 aliphatic heterocycles. The summed E-state index contributed by atoms with van der Waals surface area (Å²) in [6.45, 7) is 6.96. The third kappa shape index (κ3) is 5.30. The lowest BCUT2D eigenvalue weighted by Gasteiger charge is -2.19. The van der Waals surface area contributed by atoms with E-state index < -0.39 is 33.3 Å². The van der Waals surface area contributed by atoms with Crippen molar-refractivity contribution in [3.8, 4) is 5.75 Å². The van der Waals surface area contributed by atoms with E-state index in [2.05, 4.69) is 10.3 Å². The van der Waals surface area contributed by atoms with Crippen LogP contribution < -0.4 is 10.1 Å². The first-order chi connectivity index (χ1) is 14.1. The molecule has 1 aromatic carbocycles. The second-order valence-corrected chi connectivity index (χ2v) is 8.37. The number of carbonyl (C=O) groups excluding carboxylic acids is 1. The van der Waals surface area contributed by atoms with Crippen molar-refractivity contribution in [3.63, 3.8) is 0 Å². The van der Waals surface area contributed by atoms with E-state index in [1.807, 2.05) is 0 Å². The molecule has 1 aromatic heterocycles. The Hall–Kier alpha value is -3.05. The van der Waals surface area contributed by atoms with Gasteiger partial charge in [-0.2, -0.15) is 4.31 Å². The maximum absolute atomic E-state index is 12.7. The van der Waals surface area contributed by atoms with Crippen LogP contribution in [0, 0.1) is 24.0 Å². The lowest BCUT2D eigenvalue weighted by atomic mass is 10.2.